The number of halogens is 4. The molecule has 0 spiro atoms. The molecule has 3 N–H and O–H groups in total. The van der Waals surface area contributed by atoms with Crippen LogP contribution in [0.4, 0.5) is 22.4 Å². The number of amides is 3. The number of carbonyl (C=O) groups is 3. The maximum atomic E-state index is 14.1. The Balaban J connectivity index is 1.79. The standard InChI is InChI=1S/C23H25F4N5O4/c1-22(2,3)36-21(35)32-11-14(24)7-17(32)20(34)31-9-13-6-16(29-10-15(13)19(28)33)12-4-5-18(30-8-12)23(25,26)27/h4-6,8,10,14,17H,7,9,11H2,1-3H3,(H2,28,33)(H,31,34). The van der Waals surface area contributed by atoms with Gasteiger partial charge in [-0.05, 0) is 44.5 Å². The largest absolute Gasteiger partial charge is 0.444 e. The topological polar surface area (TPSA) is 128 Å². The molecule has 3 rings (SSSR count). The average Bonchev–Trinajstić information content (AvgIpc) is 3.17. The van der Waals surface area contributed by atoms with Crippen LogP contribution in [-0.4, -0.2) is 57.1 Å². The maximum Gasteiger partial charge on any atom is 0.433 e. The van der Waals surface area contributed by atoms with Gasteiger partial charge in [-0.25, -0.2) is 9.18 Å². The predicted molar refractivity (Wildman–Crippen MR) is 119 cm³/mol. The fraction of sp³-hybridized carbons (Fsp3) is 0.435. The molecule has 2 aromatic heterocycles. The van der Waals surface area contributed by atoms with Crippen molar-refractivity contribution in [1.29, 1.82) is 0 Å². The van der Waals surface area contributed by atoms with Gasteiger partial charge < -0.3 is 15.8 Å². The molecule has 2 unspecified atom stereocenters. The minimum absolute atomic E-state index is 0.0299. The Labute approximate surface area is 204 Å². The van der Waals surface area contributed by atoms with Crippen LogP contribution in [0.1, 0.15) is 48.8 Å². The molecule has 1 fully saturated rings. The molecule has 2 aromatic rings. The molecule has 3 amide bonds. The second-order valence-corrected chi connectivity index (χ2v) is 9.22. The molecule has 0 saturated carbocycles. The van der Waals surface area contributed by atoms with Crippen molar-refractivity contribution < 1.29 is 36.7 Å². The van der Waals surface area contributed by atoms with Crippen LogP contribution in [0, 0.1) is 0 Å². The van der Waals surface area contributed by atoms with E-state index < -0.39 is 47.6 Å². The van der Waals surface area contributed by atoms with Crippen molar-refractivity contribution in [2.45, 2.75) is 57.7 Å². The van der Waals surface area contributed by atoms with Crippen molar-refractivity contribution in [2.24, 2.45) is 5.73 Å². The first-order valence-electron chi connectivity index (χ1n) is 10.9. The molecule has 0 aliphatic carbocycles. The number of nitrogens with one attached hydrogen (secondary N) is 1. The van der Waals surface area contributed by atoms with Crippen LogP contribution >= 0.6 is 0 Å². The number of hydrogen-bond acceptors (Lipinski definition) is 6. The number of hydrogen-bond donors (Lipinski definition) is 2. The van der Waals surface area contributed by atoms with E-state index in [0.717, 1.165) is 23.4 Å². The SMILES string of the molecule is CC(C)(C)OC(=O)N1CC(F)CC1C(=O)NCc1cc(-c2ccc(C(F)(F)F)nc2)ncc1C(N)=O. The third-order valence-corrected chi connectivity index (χ3v) is 5.24. The number of likely N-dealkylation sites (tertiary alicyclic amines) is 1. The van der Waals surface area contributed by atoms with Gasteiger partial charge in [0.05, 0.1) is 17.8 Å². The second kappa shape index (κ2) is 10.1. The lowest BCUT2D eigenvalue weighted by atomic mass is 10.1. The zero-order chi connectivity index (χ0) is 26.8. The minimum atomic E-state index is -4.61. The van der Waals surface area contributed by atoms with Crippen LogP contribution in [0.3, 0.4) is 0 Å². The van der Waals surface area contributed by atoms with Gasteiger partial charge in [-0.1, -0.05) is 0 Å². The van der Waals surface area contributed by atoms with Gasteiger partial charge >= 0.3 is 12.3 Å². The van der Waals surface area contributed by atoms with Crippen molar-refractivity contribution in [3.05, 3.63) is 47.4 Å². The van der Waals surface area contributed by atoms with E-state index in [1.807, 2.05) is 0 Å². The summed E-state index contributed by atoms with van der Waals surface area (Å²) >= 11 is 0. The fourth-order valence-corrected chi connectivity index (χ4v) is 3.59. The van der Waals surface area contributed by atoms with E-state index in [1.165, 1.54) is 12.1 Å². The highest BCUT2D eigenvalue weighted by atomic mass is 19.4. The number of alkyl halides is 4. The Morgan fingerprint density at radius 1 is 1.17 bits per heavy atom. The zero-order valence-electron chi connectivity index (χ0n) is 19.7. The van der Waals surface area contributed by atoms with E-state index >= 15 is 0 Å². The summed E-state index contributed by atoms with van der Waals surface area (Å²) in [4.78, 5) is 45.6. The van der Waals surface area contributed by atoms with Gasteiger partial charge in [0.2, 0.25) is 5.91 Å². The quantitative estimate of drug-likeness (QED) is 0.594. The summed E-state index contributed by atoms with van der Waals surface area (Å²) in [5, 5.41) is 2.56. The third kappa shape index (κ3) is 6.46. The van der Waals surface area contributed by atoms with Gasteiger partial charge in [0.1, 0.15) is 23.5 Å². The Morgan fingerprint density at radius 2 is 1.86 bits per heavy atom. The van der Waals surface area contributed by atoms with Gasteiger partial charge in [-0.3, -0.25) is 24.5 Å². The second-order valence-electron chi connectivity index (χ2n) is 9.22. The summed E-state index contributed by atoms with van der Waals surface area (Å²) in [5.74, 6) is -1.52. The number of pyridine rings is 2. The van der Waals surface area contributed by atoms with Crippen molar-refractivity contribution in [3.63, 3.8) is 0 Å². The molecule has 0 aromatic carbocycles. The summed E-state index contributed by atoms with van der Waals surface area (Å²) in [6.07, 6.45) is -4.97. The highest BCUT2D eigenvalue weighted by molar-refractivity contribution is 5.94. The van der Waals surface area contributed by atoms with Crippen molar-refractivity contribution >= 4 is 17.9 Å². The Morgan fingerprint density at radius 3 is 2.42 bits per heavy atom. The van der Waals surface area contributed by atoms with Crippen LogP contribution in [0.5, 0.6) is 0 Å². The summed E-state index contributed by atoms with van der Waals surface area (Å²) in [7, 11) is 0. The number of nitrogens with two attached hydrogens (primary N) is 1. The van der Waals surface area contributed by atoms with E-state index in [9.17, 15) is 31.9 Å². The summed E-state index contributed by atoms with van der Waals surface area (Å²) in [6.45, 7) is 4.38. The summed E-state index contributed by atoms with van der Waals surface area (Å²) < 4.78 is 57.7. The van der Waals surface area contributed by atoms with E-state index in [0.29, 0.717) is 0 Å². The van der Waals surface area contributed by atoms with E-state index in [-0.39, 0.29) is 41.9 Å². The highest BCUT2D eigenvalue weighted by Crippen LogP contribution is 2.29. The van der Waals surface area contributed by atoms with Crippen LogP contribution < -0.4 is 11.1 Å². The zero-order valence-corrected chi connectivity index (χ0v) is 19.7. The Hall–Kier alpha value is -3.77. The molecular formula is C23H25F4N5O4. The predicted octanol–water partition coefficient (Wildman–Crippen LogP) is 3.23. The Kier molecular flexibility index (Phi) is 7.51. The van der Waals surface area contributed by atoms with E-state index in [2.05, 4.69) is 15.3 Å². The molecule has 3 heterocycles. The molecule has 13 heteroatoms. The molecule has 9 nitrogen and oxygen atoms in total. The molecule has 0 bridgehead atoms. The molecule has 194 valence electrons. The van der Waals surface area contributed by atoms with E-state index in [1.54, 1.807) is 20.8 Å². The van der Waals surface area contributed by atoms with Crippen LogP contribution in [-0.2, 0) is 22.3 Å². The Bertz CT molecular complexity index is 1150. The van der Waals surface area contributed by atoms with Gasteiger partial charge in [-0.2, -0.15) is 13.2 Å². The van der Waals surface area contributed by atoms with Gasteiger partial charge in [0.25, 0.3) is 5.91 Å². The third-order valence-electron chi connectivity index (χ3n) is 5.24. The molecule has 1 aliphatic rings. The number of nitrogens with zero attached hydrogens (tertiary/aromatic N) is 3. The number of carbonyl (C=O) groups excluding carboxylic acids is 3. The molecule has 1 saturated heterocycles. The number of ether oxygens (including phenoxy) is 1. The lowest BCUT2D eigenvalue weighted by Crippen LogP contribution is -2.47. The van der Waals surface area contributed by atoms with Gasteiger partial charge in [0.15, 0.2) is 0 Å². The fourth-order valence-electron chi connectivity index (χ4n) is 3.59. The first-order valence-corrected chi connectivity index (χ1v) is 10.9. The normalized spacial score (nSPS) is 18.1. The summed E-state index contributed by atoms with van der Waals surface area (Å²) in [6, 6.07) is 2.21. The summed E-state index contributed by atoms with van der Waals surface area (Å²) in [5.41, 5.74) is 4.08. The number of primary amides is 1. The molecule has 36 heavy (non-hydrogen) atoms. The first-order chi connectivity index (χ1) is 16.7. The average molecular weight is 511 g/mol. The number of rotatable bonds is 5. The molecular weight excluding hydrogens is 486 g/mol. The number of aromatic nitrogens is 2. The highest BCUT2D eigenvalue weighted by Gasteiger charge is 2.41. The van der Waals surface area contributed by atoms with Crippen LogP contribution in [0.25, 0.3) is 11.3 Å². The molecule has 1 aliphatic heterocycles. The van der Waals surface area contributed by atoms with Crippen LogP contribution in [0.2, 0.25) is 0 Å². The van der Waals surface area contributed by atoms with E-state index in [4.69, 9.17) is 10.5 Å². The monoisotopic (exact) mass is 511 g/mol. The minimum Gasteiger partial charge on any atom is -0.444 e. The molecule has 2 atom stereocenters. The lowest BCUT2D eigenvalue weighted by molar-refractivity contribution is -0.141. The van der Waals surface area contributed by atoms with Crippen molar-refractivity contribution in [1.82, 2.24) is 20.2 Å². The van der Waals surface area contributed by atoms with Gasteiger partial charge in [0, 0.05) is 30.9 Å². The van der Waals surface area contributed by atoms with Crippen molar-refractivity contribution in [2.75, 3.05) is 6.54 Å². The van der Waals surface area contributed by atoms with Gasteiger partial charge in [-0.15, -0.1) is 0 Å². The smallest absolute Gasteiger partial charge is 0.433 e. The molecule has 0 radical (unpaired) electrons. The van der Waals surface area contributed by atoms with Crippen LogP contribution in [0.15, 0.2) is 30.6 Å². The lowest BCUT2D eigenvalue weighted by Gasteiger charge is -2.27. The first kappa shape index (κ1) is 26.8. The maximum absolute atomic E-state index is 14.1. The van der Waals surface area contributed by atoms with Crippen molar-refractivity contribution in [3.8, 4) is 11.3 Å².